The first kappa shape index (κ1) is 19.0. The molecule has 6 nitrogen and oxygen atoms in total. The van der Waals surface area contributed by atoms with E-state index in [0.29, 0.717) is 0 Å². The summed E-state index contributed by atoms with van der Waals surface area (Å²) in [6.07, 6.45) is 3.90. The molecule has 1 saturated heterocycles. The van der Waals surface area contributed by atoms with Gasteiger partial charge in [-0.25, -0.2) is 14.4 Å². The first-order valence-corrected chi connectivity index (χ1v) is 10.8. The van der Waals surface area contributed by atoms with Gasteiger partial charge in [-0.3, -0.25) is 9.30 Å². The Kier molecular flexibility index (Phi) is 5.24. The maximum absolute atomic E-state index is 13.1. The van der Waals surface area contributed by atoms with Gasteiger partial charge in [0.1, 0.15) is 10.4 Å². The van der Waals surface area contributed by atoms with Crippen LogP contribution >= 0.6 is 15.9 Å². The number of imidazole rings is 1. The summed E-state index contributed by atoms with van der Waals surface area (Å²) in [7, 11) is 0. The second-order valence-corrected chi connectivity index (χ2v) is 8.40. The number of morpholine rings is 1. The van der Waals surface area contributed by atoms with E-state index in [-0.39, 0.29) is 5.82 Å². The van der Waals surface area contributed by atoms with Crippen LogP contribution in [0.25, 0.3) is 5.65 Å². The monoisotopic (exact) mass is 459 g/mol. The van der Waals surface area contributed by atoms with Gasteiger partial charge in [0.25, 0.3) is 0 Å². The zero-order chi connectivity index (χ0) is 19.8. The van der Waals surface area contributed by atoms with E-state index < -0.39 is 0 Å². The van der Waals surface area contributed by atoms with Crippen molar-refractivity contribution in [2.24, 2.45) is 0 Å². The average Bonchev–Trinajstić information content (AvgIpc) is 3.11. The van der Waals surface area contributed by atoms with E-state index >= 15 is 0 Å². The Balaban J connectivity index is 1.38. The van der Waals surface area contributed by atoms with E-state index in [1.807, 2.05) is 18.3 Å². The first-order valence-electron chi connectivity index (χ1n) is 10.0. The number of aromatic nitrogens is 3. The first-order chi connectivity index (χ1) is 14.2. The van der Waals surface area contributed by atoms with Crippen molar-refractivity contribution in [1.82, 2.24) is 19.3 Å². The normalized spacial score (nSPS) is 17.7. The van der Waals surface area contributed by atoms with E-state index in [1.165, 1.54) is 17.8 Å². The molecule has 0 N–H and O–H groups in total. The SMILES string of the molecule is Fc1ccc(CCN2CCc3c(nc4c(N5CCOCC5)nc(Br)cn34)C2)cc1. The number of fused-ring (bicyclic) bond motifs is 3. The zero-order valence-electron chi connectivity index (χ0n) is 16.2. The molecule has 8 heteroatoms. The topological polar surface area (TPSA) is 45.9 Å². The minimum Gasteiger partial charge on any atom is -0.378 e. The van der Waals surface area contributed by atoms with Gasteiger partial charge in [-0.2, -0.15) is 0 Å². The maximum atomic E-state index is 13.1. The lowest BCUT2D eigenvalue weighted by Crippen LogP contribution is -2.37. The van der Waals surface area contributed by atoms with Gasteiger partial charge in [-0.05, 0) is 40.0 Å². The number of hydrogen-bond donors (Lipinski definition) is 0. The van der Waals surface area contributed by atoms with E-state index in [0.717, 1.165) is 86.1 Å². The Morgan fingerprint density at radius 2 is 1.86 bits per heavy atom. The molecule has 2 aromatic heterocycles. The Bertz CT molecular complexity index is 1020. The van der Waals surface area contributed by atoms with Crippen molar-refractivity contribution in [3.8, 4) is 0 Å². The molecule has 0 spiro atoms. The standard InChI is InChI=1S/C21H23BrFN5O/c22-19-14-28-18-6-8-26(7-5-15-1-3-16(23)4-2-15)13-17(18)24-21(28)20(25-19)27-9-11-29-12-10-27/h1-4,14H,5-13H2. The molecule has 29 heavy (non-hydrogen) atoms. The van der Waals surface area contributed by atoms with Crippen LogP contribution in [0.15, 0.2) is 35.1 Å². The molecule has 4 heterocycles. The number of rotatable bonds is 4. The summed E-state index contributed by atoms with van der Waals surface area (Å²) in [6.45, 7) is 5.88. The van der Waals surface area contributed by atoms with E-state index in [2.05, 4.69) is 30.1 Å². The van der Waals surface area contributed by atoms with E-state index in [4.69, 9.17) is 14.7 Å². The number of nitrogens with zero attached hydrogens (tertiary/aromatic N) is 5. The second-order valence-electron chi connectivity index (χ2n) is 7.59. The molecule has 5 rings (SSSR count). The highest BCUT2D eigenvalue weighted by atomic mass is 79.9. The zero-order valence-corrected chi connectivity index (χ0v) is 17.7. The molecule has 2 aliphatic heterocycles. The van der Waals surface area contributed by atoms with Gasteiger partial charge in [0, 0.05) is 51.0 Å². The molecule has 0 aliphatic carbocycles. The number of ether oxygens (including phenoxy) is 1. The lowest BCUT2D eigenvalue weighted by atomic mass is 10.1. The fourth-order valence-corrected chi connectivity index (χ4v) is 4.53. The predicted octanol–water partition coefficient (Wildman–Crippen LogP) is 3.07. The molecule has 1 aromatic carbocycles. The molecule has 0 bridgehead atoms. The molecule has 3 aromatic rings. The van der Waals surface area contributed by atoms with Gasteiger partial charge in [0.2, 0.25) is 0 Å². The molecular formula is C21H23BrFN5O. The Labute approximate surface area is 177 Å². The molecule has 1 fully saturated rings. The summed E-state index contributed by atoms with van der Waals surface area (Å²) in [6, 6.07) is 6.80. The summed E-state index contributed by atoms with van der Waals surface area (Å²) < 4.78 is 21.6. The minimum absolute atomic E-state index is 0.183. The van der Waals surface area contributed by atoms with E-state index in [9.17, 15) is 4.39 Å². The van der Waals surface area contributed by atoms with Crippen molar-refractivity contribution in [3.05, 3.63) is 57.8 Å². The van der Waals surface area contributed by atoms with Crippen molar-refractivity contribution >= 4 is 27.4 Å². The summed E-state index contributed by atoms with van der Waals surface area (Å²) >= 11 is 3.58. The Hall–Kier alpha value is -2.03. The predicted molar refractivity (Wildman–Crippen MR) is 113 cm³/mol. The van der Waals surface area contributed by atoms with Crippen molar-refractivity contribution in [2.45, 2.75) is 19.4 Å². The van der Waals surface area contributed by atoms with Gasteiger partial charge < -0.3 is 9.64 Å². The highest BCUT2D eigenvalue weighted by Gasteiger charge is 2.25. The van der Waals surface area contributed by atoms with E-state index in [1.54, 1.807) is 0 Å². The van der Waals surface area contributed by atoms with Gasteiger partial charge in [0.15, 0.2) is 11.5 Å². The highest BCUT2D eigenvalue weighted by molar-refractivity contribution is 9.10. The molecule has 0 atom stereocenters. The van der Waals surface area contributed by atoms with Crippen LogP contribution in [0.5, 0.6) is 0 Å². The smallest absolute Gasteiger partial charge is 0.180 e. The lowest BCUT2D eigenvalue weighted by molar-refractivity contribution is 0.122. The van der Waals surface area contributed by atoms with Crippen LogP contribution in [0.2, 0.25) is 0 Å². The minimum atomic E-state index is -0.183. The van der Waals surface area contributed by atoms with Crippen LogP contribution in [0.4, 0.5) is 10.2 Å². The third kappa shape index (κ3) is 3.89. The number of anilines is 1. The van der Waals surface area contributed by atoms with Gasteiger partial charge in [0.05, 0.1) is 18.9 Å². The van der Waals surface area contributed by atoms with Crippen molar-refractivity contribution in [1.29, 1.82) is 0 Å². The third-order valence-electron chi connectivity index (χ3n) is 5.72. The number of halogens is 2. The molecule has 0 saturated carbocycles. The van der Waals surface area contributed by atoms with Crippen LogP contribution < -0.4 is 4.90 Å². The number of hydrogen-bond acceptors (Lipinski definition) is 5. The van der Waals surface area contributed by atoms with Gasteiger partial charge >= 0.3 is 0 Å². The largest absolute Gasteiger partial charge is 0.378 e. The second kappa shape index (κ2) is 8.01. The fraction of sp³-hybridized carbons (Fsp3) is 0.429. The molecule has 0 unspecified atom stereocenters. The molecule has 2 aliphatic rings. The maximum Gasteiger partial charge on any atom is 0.180 e. The van der Waals surface area contributed by atoms with Crippen molar-refractivity contribution in [3.63, 3.8) is 0 Å². The number of benzene rings is 1. The summed E-state index contributed by atoms with van der Waals surface area (Å²) in [4.78, 5) is 14.4. The van der Waals surface area contributed by atoms with Gasteiger partial charge in [-0.1, -0.05) is 12.1 Å². The Morgan fingerprint density at radius 3 is 2.66 bits per heavy atom. The molecule has 0 amide bonds. The van der Waals surface area contributed by atoms with Crippen LogP contribution in [0.1, 0.15) is 17.0 Å². The Morgan fingerprint density at radius 1 is 1.07 bits per heavy atom. The summed E-state index contributed by atoms with van der Waals surface area (Å²) in [5.74, 6) is 0.742. The van der Waals surface area contributed by atoms with Gasteiger partial charge in [-0.15, -0.1) is 0 Å². The average molecular weight is 460 g/mol. The molecule has 152 valence electrons. The molecule has 0 radical (unpaired) electrons. The summed E-state index contributed by atoms with van der Waals surface area (Å²) in [5, 5.41) is 0. The lowest BCUT2D eigenvalue weighted by Gasteiger charge is -2.28. The third-order valence-corrected chi connectivity index (χ3v) is 6.10. The highest BCUT2D eigenvalue weighted by Crippen LogP contribution is 2.28. The van der Waals surface area contributed by atoms with Crippen molar-refractivity contribution in [2.75, 3.05) is 44.3 Å². The molecular weight excluding hydrogens is 437 g/mol. The quantitative estimate of drug-likeness (QED) is 0.599. The fourth-order valence-electron chi connectivity index (χ4n) is 4.16. The van der Waals surface area contributed by atoms with Crippen LogP contribution in [-0.2, 0) is 24.1 Å². The van der Waals surface area contributed by atoms with Crippen molar-refractivity contribution < 1.29 is 9.13 Å². The van der Waals surface area contributed by atoms with Crippen LogP contribution in [0.3, 0.4) is 0 Å². The van der Waals surface area contributed by atoms with Crippen LogP contribution in [0, 0.1) is 5.82 Å². The van der Waals surface area contributed by atoms with Crippen LogP contribution in [-0.4, -0.2) is 58.7 Å². The summed E-state index contributed by atoms with van der Waals surface area (Å²) in [5.41, 5.74) is 4.50.